The molecule has 0 saturated heterocycles. The molecular weight excluding hydrogens is 229 g/mol. The molecule has 1 amide bonds. The first-order valence-electron chi connectivity index (χ1n) is 4.65. The molecule has 0 aromatic carbocycles. The van der Waals surface area contributed by atoms with E-state index in [0.717, 1.165) is 0 Å². The van der Waals surface area contributed by atoms with E-state index in [0.29, 0.717) is 0 Å². The van der Waals surface area contributed by atoms with Crippen LogP contribution in [0.2, 0.25) is 0 Å². The fraction of sp³-hybridized carbons (Fsp3) is 0.875. The van der Waals surface area contributed by atoms with E-state index in [9.17, 15) is 18.0 Å². The summed E-state index contributed by atoms with van der Waals surface area (Å²) < 4.78 is 35.9. The van der Waals surface area contributed by atoms with Crippen molar-refractivity contribution < 1.29 is 28.2 Å². The average molecular weight is 244 g/mol. The Hall–Kier alpha value is -0.860. The lowest BCUT2D eigenvalue weighted by molar-refractivity contribution is -0.176. The van der Waals surface area contributed by atoms with Crippen LogP contribution in [-0.4, -0.2) is 41.2 Å². The number of hydrogen-bond donors (Lipinski definition) is 4. The van der Waals surface area contributed by atoms with Gasteiger partial charge in [-0.05, 0) is 12.8 Å². The number of aliphatic hydroxyl groups excluding tert-OH is 2. The van der Waals surface area contributed by atoms with Gasteiger partial charge in [0.25, 0.3) is 0 Å². The minimum atomic E-state index is -5.01. The second kappa shape index (κ2) is 6.02. The van der Waals surface area contributed by atoms with E-state index in [2.05, 4.69) is 0 Å². The van der Waals surface area contributed by atoms with Crippen LogP contribution in [0.15, 0.2) is 0 Å². The van der Waals surface area contributed by atoms with Crippen LogP contribution < -0.4 is 11.1 Å². The topological polar surface area (TPSA) is 95.6 Å². The average Bonchev–Trinajstić information content (AvgIpc) is 2.13. The van der Waals surface area contributed by atoms with Crippen LogP contribution in [0.1, 0.15) is 19.3 Å². The molecule has 1 unspecified atom stereocenters. The van der Waals surface area contributed by atoms with Gasteiger partial charge in [-0.25, -0.2) is 0 Å². The highest BCUT2D eigenvalue weighted by atomic mass is 19.4. The highest BCUT2D eigenvalue weighted by Gasteiger charge is 2.42. The summed E-state index contributed by atoms with van der Waals surface area (Å²) in [5.41, 5.74) is 3.84. The number of rotatable bonds is 6. The molecule has 0 radical (unpaired) electrons. The maximum atomic E-state index is 12.0. The highest BCUT2D eigenvalue weighted by molar-refractivity contribution is 5.82. The van der Waals surface area contributed by atoms with E-state index in [1.54, 1.807) is 5.32 Å². The smallest absolute Gasteiger partial charge is 0.396 e. The molecule has 0 heterocycles. The second-order valence-corrected chi connectivity index (χ2v) is 3.41. The van der Waals surface area contributed by atoms with Crippen molar-refractivity contribution in [2.24, 2.45) is 5.73 Å². The Labute approximate surface area is 90.4 Å². The summed E-state index contributed by atoms with van der Waals surface area (Å²) in [6, 6.07) is 0. The molecule has 0 aliphatic rings. The molecule has 0 spiro atoms. The minimum Gasteiger partial charge on any atom is -0.396 e. The Balaban J connectivity index is 4.48. The molecule has 0 bridgehead atoms. The molecule has 8 heteroatoms. The number of alkyl halides is 3. The van der Waals surface area contributed by atoms with Gasteiger partial charge in [0.05, 0.1) is 5.66 Å². The Morgan fingerprint density at radius 3 is 2.12 bits per heavy atom. The fourth-order valence-electron chi connectivity index (χ4n) is 1.14. The van der Waals surface area contributed by atoms with Crippen molar-refractivity contribution in [2.45, 2.75) is 31.1 Å². The zero-order valence-electron chi connectivity index (χ0n) is 8.55. The maximum Gasteiger partial charge on any atom is 0.471 e. The molecule has 0 aliphatic carbocycles. The number of hydrogen-bond acceptors (Lipinski definition) is 4. The molecule has 96 valence electrons. The number of halogens is 3. The number of carbonyl (C=O) groups is 1. The van der Waals surface area contributed by atoms with E-state index in [1.807, 2.05) is 0 Å². The van der Waals surface area contributed by atoms with Gasteiger partial charge in [-0.3, -0.25) is 4.79 Å². The highest BCUT2D eigenvalue weighted by Crippen LogP contribution is 2.18. The first-order chi connectivity index (χ1) is 7.25. The largest absolute Gasteiger partial charge is 0.471 e. The van der Waals surface area contributed by atoms with Crippen LogP contribution in [0.5, 0.6) is 0 Å². The predicted octanol–water partition coefficient (Wildman–Crippen LogP) is -0.525. The zero-order valence-corrected chi connectivity index (χ0v) is 8.55. The SMILES string of the molecule is NC(CCO)(CCCO)NC(=O)C(F)(F)F. The molecule has 0 aromatic rings. The summed E-state index contributed by atoms with van der Waals surface area (Å²) in [6.45, 7) is -0.716. The lowest BCUT2D eigenvalue weighted by Crippen LogP contribution is -2.59. The minimum absolute atomic E-state index is 0.0497. The molecule has 0 saturated carbocycles. The molecule has 0 fully saturated rings. The molecule has 0 rings (SSSR count). The molecular formula is C8H15F3N2O3. The van der Waals surface area contributed by atoms with Crippen LogP contribution in [0.3, 0.4) is 0 Å². The van der Waals surface area contributed by atoms with E-state index in [4.69, 9.17) is 15.9 Å². The first kappa shape index (κ1) is 15.1. The monoisotopic (exact) mass is 244 g/mol. The van der Waals surface area contributed by atoms with E-state index < -0.39 is 24.4 Å². The van der Waals surface area contributed by atoms with Crippen LogP contribution in [0.25, 0.3) is 0 Å². The van der Waals surface area contributed by atoms with Gasteiger partial charge in [-0.2, -0.15) is 13.2 Å². The van der Waals surface area contributed by atoms with Gasteiger partial charge < -0.3 is 21.3 Å². The third-order valence-corrected chi connectivity index (χ3v) is 1.96. The summed E-state index contributed by atoms with van der Waals surface area (Å²) >= 11 is 0. The van der Waals surface area contributed by atoms with Crippen molar-refractivity contribution in [3.05, 3.63) is 0 Å². The number of carbonyl (C=O) groups excluding carboxylic acids is 1. The van der Waals surface area contributed by atoms with Crippen LogP contribution in [-0.2, 0) is 4.79 Å². The van der Waals surface area contributed by atoms with Gasteiger partial charge in [0.15, 0.2) is 0 Å². The molecule has 0 aliphatic heterocycles. The van der Waals surface area contributed by atoms with Gasteiger partial charge in [0, 0.05) is 19.6 Å². The van der Waals surface area contributed by atoms with Gasteiger partial charge in [0.2, 0.25) is 0 Å². The summed E-state index contributed by atoms with van der Waals surface area (Å²) in [5.74, 6) is -2.15. The Bertz CT molecular complexity index is 235. The third-order valence-electron chi connectivity index (χ3n) is 1.96. The molecule has 5 nitrogen and oxygen atoms in total. The predicted molar refractivity (Wildman–Crippen MR) is 49.1 cm³/mol. The first-order valence-corrected chi connectivity index (χ1v) is 4.65. The standard InChI is InChI=1S/C8H15F3N2O3/c9-8(10,11)6(16)13-7(12,3-5-15)2-1-4-14/h14-15H,1-5,12H2,(H,13,16). The van der Waals surface area contributed by atoms with Crippen LogP contribution in [0.4, 0.5) is 13.2 Å². The van der Waals surface area contributed by atoms with Crippen molar-refractivity contribution in [3.63, 3.8) is 0 Å². The van der Waals surface area contributed by atoms with Gasteiger partial charge in [-0.1, -0.05) is 0 Å². The number of aliphatic hydroxyl groups is 2. The Morgan fingerprint density at radius 1 is 1.19 bits per heavy atom. The Kier molecular flexibility index (Phi) is 5.70. The molecule has 1 atom stereocenters. The van der Waals surface area contributed by atoms with Crippen molar-refractivity contribution in [1.29, 1.82) is 0 Å². The Morgan fingerprint density at radius 2 is 1.75 bits per heavy atom. The van der Waals surface area contributed by atoms with Crippen LogP contribution >= 0.6 is 0 Å². The normalized spacial score (nSPS) is 15.6. The van der Waals surface area contributed by atoms with Crippen molar-refractivity contribution in [1.82, 2.24) is 5.32 Å². The van der Waals surface area contributed by atoms with Crippen LogP contribution in [0, 0.1) is 0 Å². The number of nitrogens with two attached hydrogens (primary N) is 1. The zero-order chi connectivity index (χ0) is 12.8. The summed E-state index contributed by atoms with van der Waals surface area (Å²) in [5, 5.41) is 18.8. The maximum absolute atomic E-state index is 12.0. The summed E-state index contributed by atoms with van der Waals surface area (Å²) in [7, 11) is 0. The molecule has 0 aromatic heterocycles. The van der Waals surface area contributed by atoms with E-state index in [1.165, 1.54) is 0 Å². The molecule has 16 heavy (non-hydrogen) atoms. The van der Waals surface area contributed by atoms with Crippen molar-refractivity contribution in [2.75, 3.05) is 13.2 Å². The summed E-state index contributed by atoms with van der Waals surface area (Å²) in [6.07, 6.45) is -5.14. The fourth-order valence-corrected chi connectivity index (χ4v) is 1.14. The second-order valence-electron chi connectivity index (χ2n) is 3.41. The number of amides is 1. The number of nitrogens with one attached hydrogen (secondary N) is 1. The third kappa shape index (κ3) is 5.29. The van der Waals surface area contributed by atoms with Crippen molar-refractivity contribution in [3.8, 4) is 0 Å². The van der Waals surface area contributed by atoms with E-state index in [-0.39, 0.29) is 25.9 Å². The van der Waals surface area contributed by atoms with Crippen molar-refractivity contribution >= 4 is 5.91 Å². The lowest BCUT2D eigenvalue weighted by atomic mass is 10.0. The summed E-state index contributed by atoms with van der Waals surface area (Å²) in [4.78, 5) is 10.7. The van der Waals surface area contributed by atoms with Gasteiger partial charge in [0.1, 0.15) is 0 Å². The van der Waals surface area contributed by atoms with Gasteiger partial charge >= 0.3 is 12.1 Å². The van der Waals surface area contributed by atoms with Gasteiger partial charge in [-0.15, -0.1) is 0 Å². The van der Waals surface area contributed by atoms with E-state index >= 15 is 0 Å². The quantitative estimate of drug-likeness (QED) is 0.472. The molecule has 5 N–H and O–H groups in total. The lowest BCUT2D eigenvalue weighted by Gasteiger charge is -2.30.